The number of carbonyl (C=O) groups is 1. The first-order valence-electron chi connectivity index (χ1n) is 4.54. The molecule has 0 amide bonds. The van der Waals surface area contributed by atoms with E-state index in [1.54, 1.807) is 0 Å². The van der Waals surface area contributed by atoms with Crippen LogP contribution in [0, 0.1) is 6.92 Å². The Kier molecular flexibility index (Phi) is 4.14. The van der Waals surface area contributed by atoms with E-state index in [2.05, 4.69) is 15.9 Å². The maximum absolute atomic E-state index is 11.2. The van der Waals surface area contributed by atoms with Crippen LogP contribution in [0.4, 0.5) is 0 Å². The minimum atomic E-state index is -0.169. The zero-order valence-corrected chi connectivity index (χ0v) is 9.93. The topological polar surface area (TPSA) is 26.3 Å². The predicted molar refractivity (Wildman–Crippen MR) is 59.2 cm³/mol. The monoisotopic (exact) mass is 256 g/mol. The van der Waals surface area contributed by atoms with Crippen molar-refractivity contribution in [3.63, 3.8) is 0 Å². The summed E-state index contributed by atoms with van der Waals surface area (Å²) in [7, 11) is 0. The van der Waals surface area contributed by atoms with Crippen LogP contribution in [0.15, 0.2) is 22.7 Å². The summed E-state index contributed by atoms with van der Waals surface area (Å²) in [6.45, 7) is 4.24. The van der Waals surface area contributed by atoms with E-state index in [1.807, 2.05) is 32.0 Å². The first-order chi connectivity index (χ1) is 6.63. The normalized spacial score (nSPS) is 9.93. The van der Waals surface area contributed by atoms with Crippen LogP contribution in [0.2, 0.25) is 0 Å². The summed E-state index contributed by atoms with van der Waals surface area (Å²) in [5.41, 5.74) is 2.12. The van der Waals surface area contributed by atoms with E-state index < -0.39 is 0 Å². The molecule has 0 atom stereocenters. The number of carbonyl (C=O) groups excluding carboxylic acids is 1. The lowest BCUT2D eigenvalue weighted by atomic mass is 10.1. The zero-order chi connectivity index (χ0) is 10.6. The third-order valence-corrected chi connectivity index (χ3v) is 2.44. The molecule has 0 bridgehead atoms. The molecule has 0 heterocycles. The summed E-state index contributed by atoms with van der Waals surface area (Å²) in [6, 6.07) is 5.87. The van der Waals surface area contributed by atoms with Crippen molar-refractivity contribution in [3.05, 3.63) is 33.8 Å². The summed E-state index contributed by atoms with van der Waals surface area (Å²) in [5.74, 6) is -0.169. The van der Waals surface area contributed by atoms with E-state index in [1.165, 1.54) is 0 Å². The largest absolute Gasteiger partial charge is 0.466 e. The molecule has 2 nitrogen and oxygen atoms in total. The Bertz CT molecular complexity index is 334. The first kappa shape index (κ1) is 11.2. The SMILES string of the molecule is CCOC(=O)Cc1ccc(Br)cc1C. The van der Waals surface area contributed by atoms with E-state index in [0.717, 1.165) is 15.6 Å². The molecule has 0 aromatic heterocycles. The number of esters is 1. The van der Waals surface area contributed by atoms with Crippen LogP contribution in [0.5, 0.6) is 0 Å². The highest BCUT2D eigenvalue weighted by molar-refractivity contribution is 9.10. The molecule has 3 heteroatoms. The number of rotatable bonds is 3. The van der Waals surface area contributed by atoms with Crippen molar-refractivity contribution in [1.82, 2.24) is 0 Å². The Labute approximate surface area is 92.4 Å². The van der Waals surface area contributed by atoms with Crippen LogP contribution in [0.3, 0.4) is 0 Å². The van der Waals surface area contributed by atoms with Gasteiger partial charge in [0.2, 0.25) is 0 Å². The minimum absolute atomic E-state index is 0.169. The fourth-order valence-electron chi connectivity index (χ4n) is 1.23. The second-order valence-electron chi connectivity index (χ2n) is 3.05. The number of hydrogen-bond acceptors (Lipinski definition) is 2. The highest BCUT2D eigenvalue weighted by atomic mass is 79.9. The molecule has 0 N–H and O–H groups in total. The number of benzene rings is 1. The highest BCUT2D eigenvalue weighted by Crippen LogP contribution is 2.16. The fourth-order valence-corrected chi connectivity index (χ4v) is 1.70. The van der Waals surface area contributed by atoms with E-state index in [-0.39, 0.29) is 5.97 Å². The van der Waals surface area contributed by atoms with Crippen molar-refractivity contribution >= 4 is 21.9 Å². The van der Waals surface area contributed by atoms with E-state index in [4.69, 9.17) is 4.74 Å². The lowest BCUT2D eigenvalue weighted by Crippen LogP contribution is -2.08. The second kappa shape index (κ2) is 5.15. The third kappa shape index (κ3) is 3.14. The second-order valence-corrected chi connectivity index (χ2v) is 3.97. The molecule has 14 heavy (non-hydrogen) atoms. The number of ether oxygens (including phenoxy) is 1. The Morgan fingerprint density at radius 2 is 2.21 bits per heavy atom. The summed E-state index contributed by atoms with van der Waals surface area (Å²) in [5, 5.41) is 0. The molecule has 1 rings (SSSR count). The first-order valence-corrected chi connectivity index (χ1v) is 5.33. The third-order valence-electron chi connectivity index (χ3n) is 1.94. The Morgan fingerprint density at radius 3 is 2.79 bits per heavy atom. The van der Waals surface area contributed by atoms with Gasteiger partial charge < -0.3 is 4.74 Å². The predicted octanol–water partition coefficient (Wildman–Crippen LogP) is 2.86. The molecule has 1 aromatic carbocycles. The Hall–Kier alpha value is -0.830. The summed E-state index contributed by atoms with van der Waals surface area (Å²) >= 11 is 3.38. The van der Waals surface area contributed by atoms with Crippen molar-refractivity contribution in [2.45, 2.75) is 20.3 Å². The maximum Gasteiger partial charge on any atom is 0.310 e. The molecule has 0 aliphatic rings. The van der Waals surface area contributed by atoms with Crippen molar-refractivity contribution in [2.24, 2.45) is 0 Å². The standard InChI is InChI=1S/C11H13BrO2/c1-3-14-11(13)7-9-4-5-10(12)6-8(9)2/h4-6H,3,7H2,1-2H3. The van der Waals surface area contributed by atoms with Crippen molar-refractivity contribution < 1.29 is 9.53 Å². The van der Waals surface area contributed by atoms with Crippen molar-refractivity contribution in [2.75, 3.05) is 6.61 Å². The smallest absolute Gasteiger partial charge is 0.310 e. The number of halogens is 1. The van der Waals surface area contributed by atoms with Gasteiger partial charge in [0.15, 0.2) is 0 Å². The zero-order valence-electron chi connectivity index (χ0n) is 8.34. The molecular weight excluding hydrogens is 244 g/mol. The molecule has 1 aromatic rings. The molecule has 0 fully saturated rings. The van der Waals surface area contributed by atoms with Gasteiger partial charge in [-0.15, -0.1) is 0 Å². The Balaban J connectivity index is 2.72. The van der Waals surface area contributed by atoms with Gasteiger partial charge in [-0.2, -0.15) is 0 Å². The van der Waals surface area contributed by atoms with Gasteiger partial charge in [-0.3, -0.25) is 4.79 Å². The van der Waals surface area contributed by atoms with Gasteiger partial charge in [0.25, 0.3) is 0 Å². The van der Waals surface area contributed by atoms with Crippen LogP contribution in [0.25, 0.3) is 0 Å². The van der Waals surface area contributed by atoms with E-state index >= 15 is 0 Å². The molecular formula is C11H13BrO2. The van der Waals surface area contributed by atoms with Gasteiger partial charge >= 0.3 is 5.97 Å². The molecule has 0 spiro atoms. The summed E-state index contributed by atoms with van der Waals surface area (Å²) in [4.78, 5) is 11.2. The highest BCUT2D eigenvalue weighted by Gasteiger charge is 2.06. The Morgan fingerprint density at radius 1 is 1.50 bits per heavy atom. The average molecular weight is 257 g/mol. The number of aryl methyl sites for hydroxylation is 1. The van der Waals surface area contributed by atoms with Crippen LogP contribution >= 0.6 is 15.9 Å². The van der Waals surface area contributed by atoms with Crippen LogP contribution in [-0.2, 0) is 16.0 Å². The number of hydrogen-bond donors (Lipinski definition) is 0. The van der Waals surface area contributed by atoms with Crippen LogP contribution in [0.1, 0.15) is 18.1 Å². The molecule has 76 valence electrons. The fraction of sp³-hybridized carbons (Fsp3) is 0.364. The van der Waals surface area contributed by atoms with E-state index in [9.17, 15) is 4.79 Å². The summed E-state index contributed by atoms with van der Waals surface area (Å²) in [6.07, 6.45) is 0.354. The molecule has 0 aliphatic carbocycles. The van der Waals surface area contributed by atoms with Crippen molar-refractivity contribution in [1.29, 1.82) is 0 Å². The lowest BCUT2D eigenvalue weighted by Gasteiger charge is -2.05. The van der Waals surface area contributed by atoms with Gasteiger partial charge in [-0.25, -0.2) is 0 Å². The average Bonchev–Trinajstić information content (AvgIpc) is 2.10. The van der Waals surface area contributed by atoms with Crippen LogP contribution in [-0.4, -0.2) is 12.6 Å². The van der Waals surface area contributed by atoms with Crippen LogP contribution < -0.4 is 0 Å². The maximum atomic E-state index is 11.2. The minimum Gasteiger partial charge on any atom is -0.466 e. The molecule has 0 unspecified atom stereocenters. The van der Waals surface area contributed by atoms with Gasteiger partial charge in [0, 0.05) is 4.47 Å². The molecule has 0 saturated carbocycles. The van der Waals surface area contributed by atoms with Gasteiger partial charge in [0.1, 0.15) is 0 Å². The molecule has 0 radical (unpaired) electrons. The van der Waals surface area contributed by atoms with Crippen molar-refractivity contribution in [3.8, 4) is 0 Å². The van der Waals surface area contributed by atoms with Gasteiger partial charge in [-0.1, -0.05) is 22.0 Å². The van der Waals surface area contributed by atoms with E-state index in [0.29, 0.717) is 13.0 Å². The lowest BCUT2D eigenvalue weighted by molar-refractivity contribution is -0.142. The quantitative estimate of drug-likeness (QED) is 0.778. The molecule has 0 saturated heterocycles. The molecule has 0 aliphatic heterocycles. The summed E-state index contributed by atoms with van der Waals surface area (Å²) < 4.78 is 5.91. The van der Waals surface area contributed by atoms with Gasteiger partial charge in [0.05, 0.1) is 13.0 Å². The van der Waals surface area contributed by atoms with Gasteiger partial charge in [-0.05, 0) is 37.1 Å².